The SMILES string of the molecule is C=CCCC(=O)C(CCCC(=O)OCC#N)CCOc1ccccc1. The molecule has 0 amide bonds. The Bertz CT molecular complexity index is 577. The Morgan fingerprint density at radius 2 is 1.96 bits per heavy atom. The summed E-state index contributed by atoms with van der Waals surface area (Å²) < 4.78 is 10.4. The summed E-state index contributed by atoms with van der Waals surface area (Å²) in [4.78, 5) is 23.8. The summed E-state index contributed by atoms with van der Waals surface area (Å²) in [6, 6.07) is 11.2. The number of hydrogen-bond donors (Lipinski definition) is 0. The van der Waals surface area contributed by atoms with Crippen LogP contribution in [0.4, 0.5) is 0 Å². The minimum absolute atomic E-state index is 0.146. The molecule has 0 bridgehead atoms. The molecule has 25 heavy (non-hydrogen) atoms. The van der Waals surface area contributed by atoms with Crippen LogP contribution in [0.3, 0.4) is 0 Å². The van der Waals surface area contributed by atoms with Gasteiger partial charge in [0.2, 0.25) is 0 Å². The first-order chi connectivity index (χ1) is 12.2. The van der Waals surface area contributed by atoms with E-state index in [0.29, 0.717) is 38.7 Å². The van der Waals surface area contributed by atoms with Crippen LogP contribution < -0.4 is 4.74 Å². The molecule has 0 fully saturated rings. The third-order valence-electron chi connectivity index (χ3n) is 3.76. The summed E-state index contributed by atoms with van der Waals surface area (Å²) in [5.41, 5.74) is 0. The standard InChI is InChI=1S/C20H25NO4/c1-2-3-11-19(22)17(8-7-12-20(23)25-16-14-21)13-15-24-18-9-5-4-6-10-18/h2,4-6,9-10,17H,1,3,7-8,11-13,15-16H2. The Morgan fingerprint density at radius 1 is 1.20 bits per heavy atom. The van der Waals surface area contributed by atoms with E-state index in [1.54, 1.807) is 12.1 Å². The topological polar surface area (TPSA) is 76.4 Å². The van der Waals surface area contributed by atoms with Gasteiger partial charge in [-0.25, -0.2) is 0 Å². The molecule has 134 valence electrons. The average Bonchev–Trinajstić information content (AvgIpc) is 2.64. The average molecular weight is 343 g/mol. The molecule has 1 aromatic carbocycles. The number of nitriles is 1. The van der Waals surface area contributed by atoms with Crippen molar-refractivity contribution >= 4 is 11.8 Å². The number of nitrogens with zero attached hydrogens (tertiary/aromatic N) is 1. The van der Waals surface area contributed by atoms with Crippen molar-refractivity contribution in [2.75, 3.05) is 13.2 Å². The first-order valence-electron chi connectivity index (χ1n) is 8.51. The van der Waals surface area contributed by atoms with Crippen molar-refractivity contribution in [3.05, 3.63) is 43.0 Å². The van der Waals surface area contributed by atoms with Gasteiger partial charge in [0, 0.05) is 18.8 Å². The molecule has 0 saturated heterocycles. The molecule has 1 rings (SSSR count). The molecule has 1 atom stereocenters. The lowest BCUT2D eigenvalue weighted by Gasteiger charge is -2.16. The lowest BCUT2D eigenvalue weighted by atomic mass is 9.91. The van der Waals surface area contributed by atoms with Gasteiger partial charge in [0.15, 0.2) is 6.61 Å². The van der Waals surface area contributed by atoms with E-state index in [1.807, 2.05) is 30.3 Å². The number of esters is 1. The molecule has 0 spiro atoms. The minimum Gasteiger partial charge on any atom is -0.494 e. The van der Waals surface area contributed by atoms with Crippen molar-refractivity contribution in [1.82, 2.24) is 0 Å². The van der Waals surface area contributed by atoms with Gasteiger partial charge in [-0.3, -0.25) is 9.59 Å². The number of allylic oxidation sites excluding steroid dienone is 1. The van der Waals surface area contributed by atoms with Crippen LogP contribution >= 0.6 is 0 Å². The molecule has 0 radical (unpaired) electrons. The number of Topliss-reactive ketones (excluding diaryl/α,β-unsaturated/α-hetero) is 1. The van der Waals surface area contributed by atoms with Gasteiger partial charge >= 0.3 is 5.97 Å². The summed E-state index contributed by atoms with van der Waals surface area (Å²) in [5, 5.41) is 8.38. The third kappa shape index (κ3) is 9.31. The van der Waals surface area contributed by atoms with Crippen molar-refractivity contribution in [2.45, 2.75) is 38.5 Å². The van der Waals surface area contributed by atoms with Crippen LogP contribution in [-0.2, 0) is 14.3 Å². The summed E-state index contributed by atoms with van der Waals surface area (Å²) in [7, 11) is 0. The predicted molar refractivity (Wildman–Crippen MR) is 94.9 cm³/mol. The van der Waals surface area contributed by atoms with Crippen LogP contribution in [0.25, 0.3) is 0 Å². The highest BCUT2D eigenvalue weighted by Gasteiger charge is 2.18. The Morgan fingerprint density at radius 3 is 2.64 bits per heavy atom. The van der Waals surface area contributed by atoms with E-state index in [0.717, 1.165) is 5.75 Å². The zero-order chi connectivity index (χ0) is 18.3. The summed E-state index contributed by atoms with van der Waals surface area (Å²) in [5.74, 6) is 0.397. The lowest BCUT2D eigenvalue weighted by molar-refractivity contribution is -0.142. The third-order valence-corrected chi connectivity index (χ3v) is 3.76. The highest BCUT2D eigenvalue weighted by Crippen LogP contribution is 2.18. The van der Waals surface area contributed by atoms with E-state index in [1.165, 1.54) is 0 Å². The van der Waals surface area contributed by atoms with Gasteiger partial charge in [-0.1, -0.05) is 24.3 Å². The second kappa shape index (κ2) is 12.8. The zero-order valence-electron chi connectivity index (χ0n) is 14.5. The number of para-hydroxylation sites is 1. The molecule has 5 heteroatoms. The maximum Gasteiger partial charge on any atom is 0.306 e. The summed E-state index contributed by atoms with van der Waals surface area (Å²) in [6.45, 7) is 3.86. The number of carbonyl (C=O) groups excluding carboxylic acids is 2. The molecule has 0 heterocycles. The van der Waals surface area contributed by atoms with Crippen LogP contribution in [0.1, 0.15) is 38.5 Å². The maximum absolute atomic E-state index is 12.3. The molecule has 0 saturated carbocycles. The van der Waals surface area contributed by atoms with Crippen LogP contribution in [-0.4, -0.2) is 25.0 Å². The smallest absolute Gasteiger partial charge is 0.306 e. The maximum atomic E-state index is 12.3. The van der Waals surface area contributed by atoms with Crippen molar-refractivity contribution in [2.24, 2.45) is 5.92 Å². The lowest BCUT2D eigenvalue weighted by Crippen LogP contribution is -2.18. The van der Waals surface area contributed by atoms with Crippen LogP contribution in [0.5, 0.6) is 5.75 Å². The van der Waals surface area contributed by atoms with E-state index in [2.05, 4.69) is 6.58 Å². The minimum atomic E-state index is -0.403. The molecule has 5 nitrogen and oxygen atoms in total. The number of carbonyl (C=O) groups is 2. The second-order valence-corrected chi connectivity index (χ2v) is 5.65. The zero-order valence-corrected chi connectivity index (χ0v) is 14.5. The summed E-state index contributed by atoms with van der Waals surface area (Å²) >= 11 is 0. The Labute approximate surface area is 149 Å². The fraction of sp³-hybridized carbons (Fsp3) is 0.450. The fourth-order valence-corrected chi connectivity index (χ4v) is 2.43. The molecule has 1 aromatic rings. The quantitative estimate of drug-likeness (QED) is 0.402. The van der Waals surface area contributed by atoms with Gasteiger partial charge in [0.25, 0.3) is 0 Å². The van der Waals surface area contributed by atoms with Crippen molar-refractivity contribution < 1.29 is 19.1 Å². The number of hydrogen-bond acceptors (Lipinski definition) is 5. The molecule has 0 aliphatic heterocycles. The fourth-order valence-electron chi connectivity index (χ4n) is 2.43. The van der Waals surface area contributed by atoms with Crippen LogP contribution in [0.15, 0.2) is 43.0 Å². The monoisotopic (exact) mass is 343 g/mol. The first kappa shape index (κ1) is 20.4. The van der Waals surface area contributed by atoms with E-state index < -0.39 is 5.97 Å². The van der Waals surface area contributed by atoms with Gasteiger partial charge in [0.05, 0.1) is 6.61 Å². The number of benzene rings is 1. The predicted octanol–water partition coefficient (Wildman–Crippen LogP) is 3.84. The van der Waals surface area contributed by atoms with Crippen LogP contribution in [0.2, 0.25) is 0 Å². The number of rotatable bonds is 13. The van der Waals surface area contributed by atoms with Crippen molar-refractivity contribution in [3.8, 4) is 11.8 Å². The molecule has 0 aliphatic rings. The Hall–Kier alpha value is -2.61. The molecule has 0 aliphatic carbocycles. The molecule has 0 aromatic heterocycles. The van der Waals surface area contributed by atoms with Gasteiger partial charge in [-0.15, -0.1) is 6.58 Å². The molecular weight excluding hydrogens is 318 g/mol. The highest BCUT2D eigenvalue weighted by molar-refractivity contribution is 5.81. The van der Waals surface area contributed by atoms with E-state index in [-0.39, 0.29) is 24.7 Å². The first-order valence-corrected chi connectivity index (χ1v) is 8.51. The molecular formula is C20H25NO4. The summed E-state index contributed by atoms with van der Waals surface area (Å²) in [6.07, 6.45) is 4.83. The largest absolute Gasteiger partial charge is 0.494 e. The molecule has 1 unspecified atom stereocenters. The Balaban J connectivity index is 2.42. The van der Waals surface area contributed by atoms with Gasteiger partial charge in [-0.2, -0.15) is 5.26 Å². The highest BCUT2D eigenvalue weighted by atomic mass is 16.5. The normalized spacial score (nSPS) is 11.2. The Kier molecular flexibility index (Phi) is 10.4. The van der Waals surface area contributed by atoms with Crippen LogP contribution in [0, 0.1) is 17.2 Å². The van der Waals surface area contributed by atoms with Crippen molar-refractivity contribution in [3.63, 3.8) is 0 Å². The number of ether oxygens (including phenoxy) is 2. The van der Waals surface area contributed by atoms with E-state index in [9.17, 15) is 9.59 Å². The number of ketones is 1. The van der Waals surface area contributed by atoms with Gasteiger partial charge < -0.3 is 9.47 Å². The van der Waals surface area contributed by atoms with Gasteiger partial charge in [0.1, 0.15) is 17.6 Å². The molecule has 0 N–H and O–H groups in total. The van der Waals surface area contributed by atoms with Gasteiger partial charge in [-0.05, 0) is 37.8 Å². The van der Waals surface area contributed by atoms with E-state index >= 15 is 0 Å². The van der Waals surface area contributed by atoms with E-state index in [4.69, 9.17) is 14.7 Å². The van der Waals surface area contributed by atoms with Crippen molar-refractivity contribution in [1.29, 1.82) is 5.26 Å². The second-order valence-electron chi connectivity index (χ2n) is 5.65.